The summed E-state index contributed by atoms with van der Waals surface area (Å²) < 4.78 is 11.2. The van der Waals surface area contributed by atoms with Gasteiger partial charge in [0.1, 0.15) is 11.5 Å². The Morgan fingerprint density at radius 2 is 1.64 bits per heavy atom. The Labute approximate surface area is 166 Å². The lowest BCUT2D eigenvalue weighted by Crippen LogP contribution is -2.44. The van der Waals surface area contributed by atoms with E-state index in [0.29, 0.717) is 17.1 Å². The summed E-state index contributed by atoms with van der Waals surface area (Å²) in [5, 5.41) is 0. The first-order valence-electron chi connectivity index (χ1n) is 9.85. The van der Waals surface area contributed by atoms with Crippen LogP contribution >= 0.6 is 0 Å². The van der Waals surface area contributed by atoms with Crippen molar-refractivity contribution in [1.82, 2.24) is 4.90 Å². The number of carbonyl (C=O) groups is 2. The Hall–Kier alpha value is -2.82. The van der Waals surface area contributed by atoms with Crippen LogP contribution in [0.5, 0.6) is 11.5 Å². The average molecular weight is 381 g/mol. The molecule has 1 saturated carbocycles. The molecule has 0 aliphatic heterocycles. The molecule has 0 aromatic heterocycles. The first-order valence-corrected chi connectivity index (χ1v) is 9.85. The van der Waals surface area contributed by atoms with Crippen molar-refractivity contribution in [3.05, 3.63) is 60.2 Å². The molecule has 1 aliphatic carbocycles. The maximum Gasteiger partial charge on any atom is 0.339 e. The van der Waals surface area contributed by atoms with Crippen molar-refractivity contribution < 1.29 is 19.1 Å². The van der Waals surface area contributed by atoms with Crippen molar-refractivity contribution in [3.63, 3.8) is 0 Å². The molecule has 28 heavy (non-hydrogen) atoms. The van der Waals surface area contributed by atoms with E-state index in [-0.39, 0.29) is 11.9 Å². The lowest BCUT2D eigenvalue weighted by molar-refractivity contribution is -0.141. The number of hydrogen-bond donors (Lipinski definition) is 0. The Morgan fingerprint density at radius 3 is 2.36 bits per heavy atom. The highest BCUT2D eigenvalue weighted by molar-refractivity contribution is 5.92. The van der Waals surface area contributed by atoms with E-state index in [0.717, 1.165) is 25.7 Å². The third kappa shape index (κ3) is 5.12. The van der Waals surface area contributed by atoms with Crippen LogP contribution in [0.3, 0.4) is 0 Å². The van der Waals surface area contributed by atoms with Crippen LogP contribution in [-0.2, 0) is 9.53 Å². The highest BCUT2D eigenvalue weighted by atomic mass is 16.5. The zero-order chi connectivity index (χ0) is 19.9. The lowest BCUT2D eigenvalue weighted by Gasteiger charge is -2.32. The van der Waals surface area contributed by atoms with Gasteiger partial charge in [0.05, 0.1) is 5.56 Å². The molecule has 0 N–H and O–H groups in total. The van der Waals surface area contributed by atoms with Gasteiger partial charge in [0.15, 0.2) is 6.10 Å². The number of rotatable bonds is 6. The van der Waals surface area contributed by atoms with Gasteiger partial charge in [-0.2, -0.15) is 0 Å². The molecule has 0 radical (unpaired) electrons. The molecule has 0 bridgehead atoms. The van der Waals surface area contributed by atoms with Crippen LogP contribution < -0.4 is 4.74 Å². The summed E-state index contributed by atoms with van der Waals surface area (Å²) in [6.07, 6.45) is 4.72. The molecular weight excluding hydrogens is 354 g/mol. The fraction of sp³-hybridized carbons (Fsp3) is 0.391. The Kier molecular flexibility index (Phi) is 6.69. The van der Waals surface area contributed by atoms with Crippen molar-refractivity contribution in [2.24, 2.45) is 0 Å². The van der Waals surface area contributed by atoms with Gasteiger partial charge in [-0.25, -0.2) is 4.79 Å². The molecule has 0 saturated heterocycles. The minimum Gasteiger partial charge on any atom is -0.457 e. The maximum absolute atomic E-state index is 12.6. The van der Waals surface area contributed by atoms with E-state index >= 15 is 0 Å². The first kappa shape index (κ1) is 19.9. The standard InChI is InChI=1S/C23H27NO4/c1-17(22(25)24(2)19-11-5-3-6-12-19)27-23(26)18-10-9-15-21(16-18)28-20-13-7-4-8-14-20/h4,7-10,13-17,19H,3,5-6,11-12H2,1-2H3/t17-/m0/s1. The summed E-state index contributed by atoms with van der Waals surface area (Å²) in [6.45, 7) is 1.63. The minimum atomic E-state index is -0.821. The number of hydrogen-bond acceptors (Lipinski definition) is 4. The Bertz CT molecular complexity index is 799. The predicted octanol–water partition coefficient (Wildman–Crippen LogP) is 4.82. The normalized spacial score (nSPS) is 15.5. The fourth-order valence-electron chi connectivity index (χ4n) is 3.53. The zero-order valence-electron chi connectivity index (χ0n) is 16.5. The average Bonchev–Trinajstić information content (AvgIpc) is 2.74. The molecule has 1 fully saturated rings. The summed E-state index contributed by atoms with van der Waals surface area (Å²) in [7, 11) is 1.80. The van der Waals surface area contributed by atoms with E-state index < -0.39 is 12.1 Å². The largest absolute Gasteiger partial charge is 0.457 e. The van der Waals surface area contributed by atoms with Crippen LogP contribution in [0.2, 0.25) is 0 Å². The van der Waals surface area contributed by atoms with Gasteiger partial charge in [0, 0.05) is 13.1 Å². The van der Waals surface area contributed by atoms with Gasteiger partial charge in [-0.15, -0.1) is 0 Å². The van der Waals surface area contributed by atoms with Gasteiger partial charge in [0.2, 0.25) is 0 Å². The van der Waals surface area contributed by atoms with Crippen LogP contribution in [0, 0.1) is 0 Å². The molecule has 3 rings (SSSR count). The Balaban J connectivity index is 1.60. The Morgan fingerprint density at radius 1 is 0.964 bits per heavy atom. The quantitative estimate of drug-likeness (QED) is 0.674. The van der Waals surface area contributed by atoms with Gasteiger partial charge < -0.3 is 14.4 Å². The molecule has 5 heteroatoms. The second-order valence-corrected chi connectivity index (χ2v) is 7.23. The van der Waals surface area contributed by atoms with Crippen LogP contribution in [0.25, 0.3) is 0 Å². The van der Waals surface area contributed by atoms with E-state index in [2.05, 4.69) is 0 Å². The molecule has 0 unspecified atom stereocenters. The molecule has 1 atom stereocenters. The smallest absolute Gasteiger partial charge is 0.339 e. The van der Waals surface area contributed by atoms with E-state index in [1.807, 2.05) is 30.3 Å². The van der Waals surface area contributed by atoms with Gasteiger partial charge in [0.25, 0.3) is 5.91 Å². The number of likely N-dealkylation sites (N-methyl/N-ethyl adjacent to an activating group) is 1. The summed E-state index contributed by atoms with van der Waals surface area (Å²) in [6, 6.07) is 16.4. The van der Waals surface area contributed by atoms with Crippen molar-refractivity contribution in [1.29, 1.82) is 0 Å². The van der Waals surface area contributed by atoms with Crippen molar-refractivity contribution in [3.8, 4) is 11.5 Å². The highest BCUT2D eigenvalue weighted by Gasteiger charge is 2.28. The number of nitrogens with zero attached hydrogens (tertiary/aromatic N) is 1. The topological polar surface area (TPSA) is 55.8 Å². The minimum absolute atomic E-state index is 0.156. The van der Waals surface area contributed by atoms with E-state index in [4.69, 9.17) is 9.47 Å². The van der Waals surface area contributed by atoms with Gasteiger partial charge in [-0.1, -0.05) is 43.5 Å². The second kappa shape index (κ2) is 9.40. The monoisotopic (exact) mass is 381 g/mol. The lowest BCUT2D eigenvalue weighted by atomic mass is 9.94. The van der Waals surface area contributed by atoms with Crippen LogP contribution in [0.1, 0.15) is 49.4 Å². The number of benzene rings is 2. The molecule has 0 spiro atoms. The molecule has 0 heterocycles. The number of para-hydroxylation sites is 1. The van der Waals surface area contributed by atoms with Crippen LogP contribution in [0.15, 0.2) is 54.6 Å². The van der Waals surface area contributed by atoms with Crippen LogP contribution in [-0.4, -0.2) is 36.0 Å². The van der Waals surface area contributed by atoms with Gasteiger partial charge >= 0.3 is 5.97 Å². The number of ether oxygens (including phenoxy) is 2. The van der Waals surface area contributed by atoms with Gasteiger partial charge in [-0.05, 0) is 50.1 Å². The van der Waals surface area contributed by atoms with Crippen LogP contribution in [0.4, 0.5) is 0 Å². The second-order valence-electron chi connectivity index (χ2n) is 7.23. The number of carbonyl (C=O) groups excluding carboxylic acids is 2. The van der Waals surface area contributed by atoms with Gasteiger partial charge in [-0.3, -0.25) is 4.79 Å². The number of amides is 1. The third-order valence-corrected chi connectivity index (χ3v) is 5.15. The molecule has 2 aromatic carbocycles. The first-order chi connectivity index (χ1) is 13.5. The van der Waals surface area contributed by atoms with E-state index in [1.54, 1.807) is 43.1 Å². The molecule has 148 valence electrons. The molecule has 5 nitrogen and oxygen atoms in total. The summed E-state index contributed by atoms with van der Waals surface area (Å²) in [4.78, 5) is 26.9. The molecular formula is C23H27NO4. The summed E-state index contributed by atoms with van der Waals surface area (Å²) >= 11 is 0. The maximum atomic E-state index is 12.6. The summed E-state index contributed by atoms with van der Waals surface area (Å²) in [5.41, 5.74) is 0.355. The van der Waals surface area contributed by atoms with Crippen molar-refractivity contribution in [2.45, 2.75) is 51.2 Å². The highest BCUT2D eigenvalue weighted by Crippen LogP contribution is 2.24. The summed E-state index contributed by atoms with van der Waals surface area (Å²) in [5.74, 6) is 0.540. The molecule has 2 aromatic rings. The van der Waals surface area contributed by atoms with E-state index in [9.17, 15) is 9.59 Å². The van der Waals surface area contributed by atoms with Crippen molar-refractivity contribution in [2.75, 3.05) is 7.05 Å². The fourth-order valence-corrected chi connectivity index (χ4v) is 3.53. The zero-order valence-corrected chi connectivity index (χ0v) is 16.5. The predicted molar refractivity (Wildman–Crippen MR) is 107 cm³/mol. The number of esters is 1. The SMILES string of the molecule is C[C@H](OC(=O)c1cccc(Oc2ccccc2)c1)C(=O)N(C)C1CCCCC1. The molecule has 1 aliphatic rings. The van der Waals surface area contributed by atoms with Crippen molar-refractivity contribution >= 4 is 11.9 Å². The third-order valence-electron chi connectivity index (χ3n) is 5.15. The van der Waals surface area contributed by atoms with E-state index in [1.165, 1.54) is 6.42 Å². The molecule has 1 amide bonds.